The van der Waals surface area contributed by atoms with Crippen molar-refractivity contribution in [3.63, 3.8) is 0 Å². The molecule has 1 aliphatic heterocycles. The van der Waals surface area contributed by atoms with Crippen LogP contribution in [0, 0.1) is 12.7 Å². The van der Waals surface area contributed by atoms with Crippen LogP contribution in [-0.2, 0) is 0 Å². The number of nitrogens with zero attached hydrogens (tertiary/aromatic N) is 1. The van der Waals surface area contributed by atoms with Crippen molar-refractivity contribution in [1.29, 1.82) is 0 Å². The fourth-order valence-electron chi connectivity index (χ4n) is 3.48. The molecule has 0 N–H and O–H groups in total. The van der Waals surface area contributed by atoms with Crippen LogP contribution in [0.2, 0.25) is 0 Å². The van der Waals surface area contributed by atoms with Crippen molar-refractivity contribution < 1.29 is 4.39 Å². The summed E-state index contributed by atoms with van der Waals surface area (Å²) in [5.74, 6) is 1.97. The molecule has 4 rings (SSSR count). The third kappa shape index (κ3) is 3.08. The Morgan fingerprint density at radius 2 is 1.50 bits per heavy atom. The van der Waals surface area contributed by atoms with Crippen molar-refractivity contribution in [3.8, 4) is 0 Å². The summed E-state index contributed by atoms with van der Waals surface area (Å²) in [5.41, 5.74) is 5.70. The fraction of sp³-hybridized carbons (Fsp3) is 0.0435. The molecule has 0 saturated carbocycles. The largest absolute Gasteiger partial charge is 0.377 e. The van der Waals surface area contributed by atoms with Gasteiger partial charge in [0.2, 0.25) is 0 Å². The van der Waals surface area contributed by atoms with Crippen LogP contribution in [0.5, 0.6) is 0 Å². The number of benzene rings is 3. The highest BCUT2D eigenvalue weighted by Crippen LogP contribution is 2.30. The highest BCUT2D eigenvalue weighted by Gasteiger charge is 2.30. The van der Waals surface area contributed by atoms with E-state index >= 15 is 0 Å². The van der Waals surface area contributed by atoms with E-state index in [-0.39, 0.29) is 12.7 Å². The molecule has 126 valence electrons. The van der Waals surface area contributed by atoms with Crippen molar-refractivity contribution in [2.45, 2.75) is 6.92 Å². The van der Waals surface area contributed by atoms with Gasteiger partial charge in [-0.15, -0.1) is 0 Å². The van der Waals surface area contributed by atoms with E-state index < -0.39 is 0 Å². The Morgan fingerprint density at radius 3 is 2.23 bits per heavy atom. The van der Waals surface area contributed by atoms with Gasteiger partial charge in [-0.1, -0.05) is 72.2 Å². The molecule has 0 unspecified atom stereocenters. The Kier molecular flexibility index (Phi) is 4.45. The molecule has 0 spiro atoms. The molecule has 0 atom stereocenters. The Hall–Kier alpha value is -3.07. The van der Waals surface area contributed by atoms with Crippen molar-refractivity contribution in [2.75, 3.05) is 4.81 Å². The molecule has 0 amide bonds. The summed E-state index contributed by atoms with van der Waals surface area (Å²) in [6.45, 7) is 2.19. The van der Waals surface area contributed by atoms with Crippen molar-refractivity contribution in [2.24, 2.45) is 0 Å². The van der Waals surface area contributed by atoms with E-state index in [0.29, 0.717) is 0 Å². The zero-order valence-corrected chi connectivity index (χ0v) is 14.6. The van der Waals surface area contributed by atoms with Gasteiger partial charge in [0, 0.05) is 11.4 Å². The first-order valence-corrected chi connectivity index (χ1v) is 8.78. The molecular weight excluding hydrogens is 320 g/mol. The highest BCUT2D eigenvalue weighted by atomic mass is 19.1. The van der Waals surface area contributed by atoms with Crippen LogP contribution in [0.25, 0.3) is 5.70 Å². The number of aryl methyl sites for hydroxylation is 1. The second-order valence-electron chi connectivity index (χ2n) is 6.45. The Morgan fingerprint density at radius 1 is 0.808 bits per heavy atom. The molecule has 0 aliphatic carbocycles. The van der Waals surface area contributed by atoms with Gasteiger partial charge in [-0.25, -0.2) is 4.39 Å². The molecule has 1 nitrogen and oxygen atoms in total. The van der Waals surface area contributed by atoms with Crippen LogP contribution in [-0.4, -0.2) is 6.85 Å². The first kappa shape index (κ1) is 16.4. The van der Waals surface area contributed by atoms with E-state index in [1.54, 1.807) is 0 Å². The average molecular weight is 339 g/mol. The van der Waals surface area contributed by atoms with Gasteiger partial charge < -0.3 is 4.81 Å². The van der Waals surface area contributed by atoms with E-state index in [0.717, 1.165) is 16.9 Å². The maximum absolute atomic E-state index is 13.5. The average Bonchev–Trinajstić information content (AvgIpc) is 2.69. The second-order valence-corrected chi connectivity index (χ2v) is 6.45. The first-order chi connectivity index (χ1) is 12.7. The molecule has 0 radical (unpaired) electrons. The van der Waals surface area contributed by atoms with Gasteiger partial charge in [-0.05, 0) is 48.3 Å². The summed E-state index contributed by atoms with van der Waals surface area (Å²) in [7, 11) is 0. The van der Waals surface area contributed by atoms with Crippen LogP contribution in [0.4, 0.5) is 10.1 Å². The van der Waals surface area contributed by atoms with Crippen molar-refractivity contribution >= 4 is 23.7 Å². The standard InChI is InChI=1S/C23H19BFN/c1-18-8-5-6-11-22(18)24-17-7-12-23(19-9-3-2-4-10-19)26(24)21-15-13-20(25)14-16-21/h2-17H,1H3. The lowest BCUT2D eigenvalue weighted by Gasteiger charge is -2.35. The zero-order chi connectivity index (χ0) is 17.9. The van der Waals surface area contributed by atoms with Crippen LogP contribution in [0.15, 0.2) is 97.0 Å². The van der Waals surface area contributed by atoms with E-state index in [4.69, 9.17) is 0 Å². The summed E-state index contributed by atoms with van der Waals surface area (Å²) in [5, 5.41) is 0. The third-order valence-electron chi connectivity index (χ3n) is 4.77. The van der Waals surface area contributed by atoms with E-state index in [9.17, 15) is 4.39 Å². The molecular formula is C23H19BFN. The molecule has 0 aromatic heterocycles. The normalized spacial score (nSPS) is 13.7. The lowest BCUT2D eigenvalue weighted by Crippen LogP contribution is -2.48. The summed E-state index contributed by atoms with van der Waals surface area (Å²) < 4.78 is 13.5. The van der Waals surface area contributed by atoms with Crippen molar-refractivity contribution in [1.82, 2.24) is 0 Å². The topological polar surface area (TPSA) is 3.24 Å². The number of hydrogen-bond acceptors (Lipinski definition) is 1. The van der Waals surface area contributed by atoms with Crippen LogP contribution in [0.1, 0.15) is 11.1 Å². The van der Waals surface area contributed by atoms with Gasteiger partial charge in [0.25, 0.3) is 0 Å². The molecule has 1 aliphatic rings. The predicted octanol–water partition coefficient (Wildman–Crippen LogP) is 4.99. The summed E-state index contributed by atoms with van der Waals surface area (Å²) in [4.78, 5) is 2.27. The van der Waals surface area contributed by atoms with Crippen LogP contribution in [0.3, 0.4) is 0 Å². The third-order valence-corrected chi connectivity index (χ3v) is 4.77. The number of hydrogen-bond donors (Lipinski definition) is 0. The number of rotatable bonds is 3. The number of allylic oxidation sites excluding steroid dienone is 2. The predicted molar refractivity (Wildman–Crippen MR) is 109 cm³/mol. The lowest BCUT2D eigenvalue weighted by molar-refractivity contribution is 0.628. The van der Waals surface area contributed by atoms with Gasteiger partial charge in [-0.3, -0.25) is 0 Å². The summed E-state index contributed by atoms with van der Waals surface area (Å²) in [6.07, 6.45) is 4.23. The summed E-state index contributed by atoms with van der Waals surface area (Å²) >= 11 is 0. The molecule has 26 heavy (non-hydrogen) atoms. The molecule has 1 heterocycles. The molecule has 0 fully saturated rings. The Balaban J connectivity index is 1.87. The van der Waals surface area contributed by atoms with Crippen LogP contribution < -0.4 is 10.3 Å². The summed E-state index contributed by atoms with van der Waals surface area (Å²) in [6, 6.07) is 25.5. The molecule has 0 bridgehead atoms. The van der Waals surface area contributed by atoms with Gasteiger partial charge in [0.05, 0.1) is 0 Å². The smallest absolute Gasteiger partial charge is 0.320 e. The number of anilines is 1. The van der Waals surface area contributed by atoms with Gasteiger partial charge in [0.1, 0.15) is 5.82 Å². The molecule has 3 aromatic carbocycles. The minimum Gasteiger partial charge on any atom is -0.377 e. The number of halogens is 1. The Bertz CT molecular complexity index is 961. The second kappa shape index (κ2) is 7.05. The monoisotopic (exact) mass is 339 g/mol. The maximum atomic E-state index is 13.5. The minimum atomic E-state index is -0.223. The van der Waals surface area contributed by atoms with E-state index in [2.05, 4.69) is 66.3 Å². The maximum Gasteiger partial charge on any atom is 0.320 e. The first-order valence-electron chi connectivity index (χ1n) is 8.78. The lowest BCUT2D eigenvalue weighted by atomic mass is 9.51. The minimum absolute atomic E-state index is 0.0573. The quantitative estimate of drug-likeness (QED) is 0.608. The van der Waals surface area contributed by atoms with Gasteiger partial charge in [0.15, 0.2) is 0 Å². The van der Waals surface area contributed by atoms with E-state index in [1.807, 2.05) is 30.3 Å². The highest BCUT2D eigenvalue weighted by molar-refractivity contribution is 6.83. The van der Waals surface area contributed by atoms with Gasteiger partial charge >= 0.3 is 6.85 Å². The molecule has 0 saturated heterocycles. The molecule has 3 aromatic rings. The Labute approximate surface area is 154 Å². The van der Waals surface area contributed by atoms with Crippen LogP contribution >= 0.6 is 0 Å². The van der Waals surface area contributed by atoms with E-state index in [1.165, 1.54) is 23.2 Å². The molecule has 3 heteroatoms. The van der Waals surface area contributed by atoms with Crippen molar-refractivity contribution in [3.05, 3.63) is 114 Å². The zero-order valence-electron chi connectivity index (χ0n) is 14.6. The fourth-order valence-corrected chi connectivity index (χ4v) is 3.48. The van der Waals surface area contributed by atoms with Gasteiger partial charge in [-0.2, -0.15) is 0 Å². The SMILES string of the molecule is Cc1ccccc1B1C=CC=C(c2ccccc2)N1c1ccc(F)cc1.